The topological polar surface area (TPSA) is 105 Å². The summed E-state index contributed by atoms with van der Waals surface area (Å²) in [5.74, 6) is -0.643. The zero-order valence-electron chi connectivity index (χ0n) is 12.4. The van der Waals surface area contributed by atoms with Crippen LogP contribution in [0.3, 0.4) is 0 Å². The number of piperazine rings is 1. The summed E-state index contributed by atoms with van der Waals surface area (Å²) in [6, 6.07) is 5.74. The Labute approximate surface area is 130 Å². The highest BCUT2D eigenvalue weighted by atomic mass is 32.2. The molecule has 1 saturated heterocycles. The molecule has 0 spiro atoms. The van der Waals surface area contributed by atoms with Gasteiger partial charge >= 0.3 is 0 Å². The SMILES string of the molecule is NC(=O)c1cccc(S(=O)(=O)NCCCN2CCNCC2)c1. The molecule has 122 valence electrons. The van der Waals surface area contributed by atoms with Gasteiger partial charge in [0, 0.05) is 38.3 Å². The molecule has 22 heavy (non-hydrogen) atoms. The number of hydrogen-bond donors (Lipinski definition) is 3. The van der Waals surface area contributed by atoms with E-state index in [0.717, 1.165) is 39.1 Å². The van der Waals surface area contributed by atoms with Gasteiger partial charge in [0.25, 0.3) is 0 Å². The third-order valence-corrected chi connectivity index (χ3v) is 5.04. The average molecular weight is 326 g/mol. The Bertz CT molecular complexity index is 612. The highest BCUT2D eigenvalue weighted by molar-refractivity contribution is 7.89. The smallest absolute Gasteiger partial charge is 0.248 e. The van der Waals surface area contributed by atoms with Gasteiger partial charge in [-0.15, -0.1) is 0 Å². The average Bonchev–Trinajstić information content (AvgIpc) is 2.53. The normalized spacial score (nSPS) is 16.5. The second kappa shape index (κ2) is 7.68. The third-order valence-electron chi connectivity index (χ3n) is 3.58. The van der Waals surface area contributed by atoms with Crippen LogP contribution in [-0.2, 0) is 10.0 Å². The van der Waals surface area contributed by atoms with Gasteiger partial charge < -0.3 is 16.0 Å². The molecule has 1 heterocycles. The van der Waals surface area contributed by atoms with E-state index in [1.807, 2.05) is 0 Å². The van der Waals surface area contributed by atoms with Crippen molar-refractivity contribution in [2.75, 3.05) is 39.3 Å². The first kappa shape index (κ1) is 16.9. The molecule has 0 aliphatic carbocycles. The van der Waals surface area contributed by atoms with Crippen LogP contribution in [0.2, 0.25) is 0 Å². The largest absolute Gasteiger partial charge is 0.366 e. The first-order chi connectivity index (χ1) is 10.5. The van der Waals surface area contributed by atoms with Crippen molar-refractivity contribution in [3.8, 4) is 0 Å². The van der Waals surface area contributed by atoms with Crippen molar-refractivity contribution in [2.45, 2.75) is 11.3 Å². The number of sulfonamides is 1. The summed E-state index contributed by atoms with van der Waals surface area (Å²) in [5, 5.41) is 3.27. The van der Waals surface area contributed by atoms with Crippen LogP contribution in [0.4, 0.5) is 0 Å². The fourth-order valence-corrected chi connectivity index (χ4v) is 3.46. The quantitative estimate of drug-likeness (QED) is 0.578. The van der Waals surface area contributed by atoms with E-state index >= 15 is 0 Å². The molecule has 0 unspecified atom stereocenters. The van der Waals surface area contributed by atoms with Crippen LogP contribution in [-0.4, -0.2) is 58.5 Å². The van der Waals surface area contributed by atoms with Crippen molar-refractivity contribution >= 4 is 15.9 Å². The zero-order valence-corrected chi connectivity index (χ0v) is 13.2. The first-order valence-corrected chi connectivity index (χ1v) is 8.80. The van der Waals surface area contributed by atoms with Crippen LogP contribution in [0.5, 0.6) is 0 Å². The Kier molecular flexibility index (Phi) is 5.90. The lowest BCUT2D eigenvalue weighted by Crippen LogP contribution is -2.44. The lowest BCUT2D eigenvalue weighted by atomic mass is 10.2. The maximum absolute atomic E-state index is 12.2. The maximum atomic E-state index is 12.2. The van der Waals surface area contributed by atoms with Gasteiger partial charge in [0.05, 0.1) is 4.90 Å². The number of hydrogen-bond acceptors (Lipinski definition) is 5. The van der Waals surface area contributed by atoms with Gasteiger partial charge in [-0.2, -0.15) is 0 Å². The van der Waals surface area contributed by atoms with Crippen LogP contribution < -0.4 is 15.8 Å². The van der Waals surface area contributed by atoms with Gasteiger partial charge in [0.2, 0.25) is 15.9 Å². The Morgan fingerprint density at radius 3 is 2.73 bits per heavy atom. The monoisotopic (exact) mass is 326 g/mol. The van der Waals surface area contributed by atoms with Gasteiger partial charge in [-0.3, -0.25) is 4.79 Å². The van der Waals surface area contributed by atoms with E-state index in [-0.39, 0.29) is 10.5 Å². The Morgan fingerprint density at radius 1 is 1.32 bits per heavy atom. The summed E-state index contributed by atoms with van der Waals surface area (Å²) in [6.45, 7) is 5.18. The van der Waals surface area contributed by atoms with E-state index in [1.54, 1.807) is 0 Å². The summed E-state index contributed by atoms with van der Waals surface area (Å²) in [4.78, 5) is 13.5. The maximum Gasteiger partial charge on any atom is 0.248 e. The second-order valence-electron chi connectivity index (χ2n) is 5.24. The van der Waals surface area contributed by atoms with Crippen molar-refractivity contribution < 1.29 is 13.2 Å². The molecular formula is C14H22N4O3S. The highest BCUT2D eigenvalue weighted by Crippen LogP contribution is 2.11. The van der Waals surface area contributed by atoms with Gasteiger partial charge in [-0.05, 0) is 31.2 Å². The molecule has 0 atom stereocenters. The molecule has 1 fully saturated rings. The summed E-state index contributed by atoms with van der Waals surface area (Å²) >= 11 is 0. The van der Waals surface area contributed by atoms with E-state index < -0.39 is 15.9 Å². The van der Waals surface area contributed by atoms with Crippen molar-refractivity contribution in [1.29, 1.82) is 0 Å². The molecule has 0 aromatic heterocycles. The molecular weight excluding hydrogens is 304 g/mol. The molecule has 1 aromatic carbocycles. The molecule has 2 rings (SSSR count). The summed E-state index contributed by atoms with van der Waals surface area (Å²) < 4.78 is 26.9. The third kappa shape index (κ3) is 4.77. The standard InChI is InChI=1S/C14H22N4O3S/c15-14(19)12-3-1-4-13(11-12)22(20,21)17-5-2-8-18-9-6-16-7-10-18/h1,3-4,11,16-17H,2,5-10H2,(H2,15,19). The molecule has 1 aliphatic heterocycles. The van der Waals surface area contributed by atoms with E-state index in [9.17, 15) is 13.2 Å². The first-order valence-electron chi connectivity index (χ1n) is 7.32. The molecule has 7 nitrogen and oxygen atoms in total. The van der Waals surface area contributed by atoms with E-state index in [0.29, 0.717) is 6.54 Å². The zero-order chi connectivity index (χ0) is 16.0. The number of nitrogens with one attached hydrogen (secondary N) is 2. The van der Waals surface area contributed by atoms with Gasteiger partial charge in [-0.25, -0.2) is 13.1 Å². The van der Waals surface area contributed by atoms with E-state index in [1.165, 1.54) is 24.3 Å². The molecule has 8 heteroatoms. The van der Waals surface area contributed by atoms with Gasteiger partial charge in [0.1, 0.15) is 0 Å². The summed E-state index contributed by atoms with van der Waals surface area (Å²) in [7, 11) is -3.61. The second-order valence-corrected chi connectivity index (χ2v) is 7.00. The summed E-state index contributed by atoms with van der Waals surface area (Å²) in [5.41, 5.74) is 5.35. The van der Waals surface area contributed by atoms with Crippen LogP contribution in [0, 0.1) is 0 Å². The number of nitrogens with zero attached hydrogens (tertiary/aromatic N) is 1. The molecule has 1 aliphatic rings. The van der Waals surface area contributed by atoms with E-state index in [2.05, 4.69) is 14.9 Å². The predicted octanol–water partition coefficient (Wildman–Crippen LogP) is -0.641. The molecule has 4 N–H and O–H groups in total. The minimum Gasteiger partial charge on any atom is -0.366 e. The fraction of sp³-hybridized carbons (Fsp3) is 0.500. The molecule has 0 bridgehead atoms. The molecule has 1 amide bonds. The number of amides is 1. The highest BCUT2D eigenvalue weighted by Gasteiger charge is 2.15. The minimum absolute atomic E-state index is 0.0611. The minimum atomic E-state index is -3.61. The lowest BCUT2D eigenvalue weighted by Gasteiger charge is -2.27. The van der Waals surface area contributed by atoms with Crippen LogP contribution in [0.1, 0.15) is 16.8 Å². The Hall–Kier alpha value is -1.48. The molecule has 0 radical (unpaired) electrons. The Balaban J connectivity index is 1.85. The van der Waals surface area contributed by atoms with E-state index in [4.69, 9.17) is 5.73 Å². The van der Waals surface area contributed by atoms with Crippen LogP contribution >= 0.6 is 0 Å². The molecule has 1 aromatic rings. The number of benzene rings is 1. The van der Waals surface area contributed by atoms with Crippen molar-refractivity contribution in [2.24, 2.45) is 5.73 Å². The number of primary amides is 1. The van der Waals surface area contributed by atoms with Crippen LogP contribution in [0.15, 0.2) is 29.2 Å². The van der Waals surface area contributed by atoms with Gasteiger partial charge in [0.15, 0.2) is 0 Å². The predicted molar refractivity (Wildman–Crippen MR) is 84.1 cm³/mol. The van der Waals surface area contributed by atoms with Crippen molar-refractivity contribution in [1.82, 2.24) is 14.9 Å². The number of carbonyl (C=O) groups is 1. The lowest BCUT2D eigenvalue weighted by molar-refractivity contribution is 0.1000. The number of nitrogens with two attached hydrogens (primary N) is 1. The van der Waals surface area contributed by atoms with Crippen molar-refractivity contribution in [3.05, 3.63) is 29.8 Å². The number of carbonyl (C=O) groups excluding carboxylic acids is 1. The fourth-order valence-electron chi connectivity index (χ4n) is 2.34. The van der Waals surface area contributed by atoms with Gasteiger partial charge in [-0.1, -0.05) is 6.07 Å². The molecule has 0 saturated carbocycles. The summed E-state index contributed by atoms with van der Waals surface area (Å²) in [6.07, 6.45) is 0.745. The number of rotatable bonds is 7. The van der Waals surface area contributed by atoms with Crippen LogP contribution in [0.25, 0.3) is 0 Å². The Morgan fingerprint density at radius 2 is 2.05 bits per heavy atom. The van der Waals surface area contributed by atoms with Crippen molar-refractivity contribution in [3.63, 3.8) is 0 Å².